The standard InChI is InChI=1S/C11H24O3Si/c1-5-11(9-14-10-11)7-8-15(6-2,12-3)13-4/h5-10H2,1-4H3. The van der Waals surface area contributed by atoms with E-state index < -0.39 is 8.56 Å². The molecule has 0 spiro atoms. The van der Waals surface area contributed by atoms with Gasteiger partial charge < -0.3 is 13.6 Å². The van der Waals surface area contributed by atoms with Crippen LogP contribution in [0.5, 0.6) is 0 Å². The Bertz CT molecular complexity index is 174. The molecule has 0 saturated carbocycles. The van der Waals surface area contributed by atoms with Gasteiger partial charge in [-0.05, 0) is 24.9 Å². The molecule has 1 heterocycles. The summed E-state index contributed by atoms with van der Waals surface area (Å²) in [6.45, 7) is 6.25. The summed E-state index contributed by atoms with van der Waals surface area (Å²) in [7, 11) is 1.69. The fraction of sp³-hybridized carbons (Fsp3) is 1.00. The molecule has 0 aliphatic carbocycles. The summed E-state index contributed by atoms with van der Waals surface area (Å²) in [5, 5.41) is 0. The molecule has 0 amide bonds. The smallest absolute Gasteiger partial charge is 0.337 e. The quantitative estimate of drug-likeness (QED) is 0.631. The molecule has 1 fully saturated rings. The summed E-state index contributed by atoms with van der Waals surface area (Å²) < 4.78 is 16.6. The SMILES string of the molecule is CCC1(CC[Si](CC)(OC)OC)COC1. The molecule has 0 N–H and O–H groups in total. The first-order valence-electron chi connectivity index (χ1n) is 5.84. The van der Waals surface area contributed by atoms with Crippen molar-refractivity contribution in [2.45, 2.75) is 38.8 Å². The first-order valence-corrected chi connectivity index (χ1v) is 8.07. The van der Waals surface area contributed by atoms with E-state index in [1.165, 1.54) is 12.8 Å². The lowest BCUT2D eigenvalue weighted by atomic mass is 9.81. The topological polar surface area (TPSA) is 27.7 Å². The van der Waals surface area contributed by atoms with Gasteiger partial charge in [0, 0.05) is 19.6 Å². The van der Waals surface area contributed by atoms with E-state index in [0.29, 0.717) is 5.41 Å². The highest BCUT2D eigenvalue weighted by Crippen LogP contribution is 2.38. The molecule has 0 aromatic rings. The molecule has 90 valence electrons. The lowest BCUT2D eigenvalue weighted by Gasteiger charge is -2.42. The highest BCUT2D eigenvalue weighted by Gasteiger charge is 2.41. The predicted octanol–water partition coefficient (Wildman–Crippen LogP) is 2.56. The van der Waals surface area contributed by atoms with Gasteiger partial charge in [-0.2, -0.15) is 0 Å². The second kappa shape index (κ2) is 5.43. The van der Waals surface area contributed by atoms with E-state index in [2.05, 4.69) is 13.8 Å². The first kappa shape index (κ1) is 13.2. The molecular formula is C11H24O3Si. The van der Waals surface area contributed by atoms with Crippen LogP contribution < -0.4 is 0 Å². The van der Waals surface area contributed by atoms with Gasteiger partial charge >= 0.3 is 8.56 Å². The van der Waals surface area contributed by atoms with Crippen LogP contribution >= 0.6 is 0 Å². The van der Waals surface area contributed by atoms with Crippen LogP contribution in [0, 0.1) is 5.41 Å². The van der Waals surface area contributed by atoms with Crippen LogP contribution in [0.4, 0.5) is 0 Å². The van der Waals surface area contributed by atoms with Crippen molar-refractivity contribution in [3.63, 3.8) is 0 Å². The maximum absolute atomic E-state index is 5.62. The average Bonchev–Trinajstić information content (AvgIpc) is 2.24. The van der Waals surface area contributed by atoms with Crippen LogP contribution in [-0.4, -0.2) is 36.0 Å². The molecule has 0 aromatic carbocycles. The lowest BCUT2D eigenvalue weighted by Crippen LogP contribution is -2.46. The Kier molecular flexibility index (Phi) is 4.77. The van der Waals surface area contributed by atoms with Gasteiger partial charge in [0.1, 0.15) is 0 Å². The molecule has 0 bridgehead atoms. The second-order valence-electron chi connectivity index (χ2n) is 4.52. The van der Waals surface area contributed by atoms with E-state index in [4.69, 9.17) is 13.6 Å². The predicted molar refractivity (Wildman–Crippen MR) is 63.2 cm³/mol. The summed E-state index contributed by atoms with van der Waals surface area (Å²) in [5.74, 6) is 0. The molecule has 0 unspecified atom stereocenters. The van der Waals surface area contributed by atoms with E-state index in [0.717, 1.165) is 25.3 Å². The molecule has 0 aromatic heterocycles. The molecule has 0 atom stereocenters. The van der Waals surface area contributed by atoms with Gasteiger partial charge in [-0.25, -0.2) is 0 Å². The lowest BCUT2D eigenvalue weighted by molar-refractivity contribution is -0.117. The van der Waals surface area contributed by atoms with Crippen LogP contribution in [0.15, 0.2) is 0 Å². The Morgan fingerprint density at radius 3 is 2.07 bits per heavy atom. The van der Waals surface area contributed by atoms with Crippen molar-refractivity contribution >= 4 is 8.56 Å². The van der Waals surface area contributed by atoms with E-state index in [1.807, 2.05) is 0 Å². The average molecular weight is 232 g/mol. The zero-order valence-corrected chi connectivity index (χ0v) is 11.5. The molecular weight excluding hydrogens is 208 g/mol. The normalized spacial score (nSPS) is 20.0. The third kappa shape index (κ3) is 2.81. The number of hydrogen-bond acceptors (Lipinski definition) is 3. The Hall–Kier alpha value is 0.0969. The maximum atomic E-state index is 5.62. The first-order chi connectivity index (χ1) is 7.16. The summed E-state index contributed by atoms with van der Waals surface area (Å²) >= 11 is 0. The van der Waals surface area contributed by atoms with Crippen LogP contribution in [0.1, 0.15) is 26.7 Å². The molecule has 1 saturated heterocycles. The zero-order valence-electron chi connectivity index (χ0n) is 10.5. The zero-order chi connectivity index (χ0) is 11.4. The van der Waals surface area contributed by atoms with Crippen LogP contribution in [-0.2, 0) is 13.6 Å². The van der Waals surface area contributed by atoms with E-state index in [-0.39, 0.29) is 0 Å². The van der Waals surface area contributed by atoms with Gasteiger partial charge in [0.2, 0.25) is 0 Å². The van der Waals surface area contributed by atoms with Crippen LogP contribution in [0.3, 0.4) is 0 Å². The number of rotatable bonds is 7. The van der Waals surface area contributed by atoms with Crippen molar-refractivity contribution in [1.29, 1.82) is 0 Å². The molecule has 3 nitrogen and oxygen atoms in total. The highest BCUT2D eigenvalue weighted by atomic mass is 28.4. The van der Waals surface area contributed by atoms with Gasteiger partial charge in [-0.3, -0.25) is 0 Å². The van der Waals surface area contributed by atoms with Gasteiger partial charge in [-0.1, -0.05) is 13.8 Å². The number of hydrogen-bond donors (Lipinski definition) is 0. The Labute approximate surface area is 94.4 Å². The fourth-order valence-electron chi connectivity index (χ4n) is 2.12. The minimum Gasteiger partial charge on any atom is -0.398 e. The van der Waals surface area contributed by atoms with Crippen molar-refractivity contribution in [1.82, 2.24) is 0 Å². The maximum Gasteiger partial charge on any atom is 0.337 e. The third-order valence-electron chi connectivity index (χ3n) is 3.89. The molecule has 4 heteroatoms. The monoisotopic (exact) mass is 232 g/mol. The van der Waals surface area contributed by atoms with E-state index in [9.17, 15) is 0 Å². The molecule has 1 rings (SSSR count). The minimum absolute atomic E-state index is 0.421. The third-order valence-corrected chi connectivity index (χ3v) is 7.46. The summed E-state index contributed by atoms with van der Waals surface area (Å²) in [4.78, 5) is 0. The molecule has 1 aliphatic rings. The molecule has 0 radical (unpaired) electrons. The van der Waals surface area contributed by atoms with Gasteiger partial charge in [0.15, 0.2) is 0 Å². The van der Waals surface area contributed by atoms with Crippen molar-refractivity contribution in [2.75, 3.05) is 27.4 Å². The summed E-state index contributed by atoms with van der Waals surface area (Å²) in [5.41, 5.74) is 0.421. The molecule has 15 heavy (non-hydrogen) atoms. The van der Waals surface area contributed by atoms with Crippen molar-refractivity contribution in [3.05, 3.63) is 0 Å². The van der Waals surface area contributed by atoms with Crippen LogP contribution in [0.25, 0.3) is 0 Å². The van der Waals surface area contributed by atoms with Gasteiger partial charge in [0.25, 0.3) is 0 Å². The Balaban J connectivity index is 2.45. The largest absolute Gasteiger partial charge is 0.398 e. The van der Waals surface area contributed by atoms with Crippen molar-refractivity contribution < 1.29 is 13.6 Å². The fourth-order valence-corrected chi connectivity index (χ4v) is 4.54. The van der Waals surface area contributed by atoms with Crippen LogP contribution in [0.2, 0.25) is 12.1 Å². The van der Waals surface area contributed by atoms with Crippen molar-refractivity contribution in [3.8, 4) is 0 Å². The highest BCUT2D eigenvalue weighted by molar-refractivity contribution is 6.67. The Morgan fingerprint density at radius 2 is 1.80 bits per heavy atom. The minimum atomic E-state index is -1.88. The van der Waals surface area contributed by atoms with Crippen molar-refractivity contribution in [2.24, 2.45) is 5.41 Å². The van der Waals surface area contributed by atoms with E-state index >= 15 is 0 Å². The summed E-state index contributed by atoms with van der Waals surface area (Å²) in [6.07, 6.45) is 2.39. The second-order valence-corrected chi connectivity index (χ2v) is 8.36. The Morgan fingerprint density at radius 1 is 1.20 bits per heavy atom. The number of ether oxygens (including phenoxy) is 1. The molecule has 1 aliphatic heterocycles. The van der Waals surface area contributed by atoms with E-state index in [1.54, 1.807) is 14.2 Å². The van der Waals surface area contributed by atoms with Gasteiger partial charge in [-0.15, -0.1) is 0 Å². The summed E-state index contributed by atoms with van der Waals surface area (Å²) in [6, 6.07) is 2.12. The van der Waals surface area contributed by atoms with Gasteiger partial charge in [0.05, 0.1) is 13.2 Å².